The van der Waals surface area contributed by atoms with Crippen LogP contribution in [0.2, 0.25) is 0 Å². The molecule has 2 unspecified atom stereocenters. The van der Waals surface area contributed by atoms with Gasteiger partial charge in [-0.3, -0.25) is 4.99 Å². The van der Waals surface area contributed by atoms with Crippen molar-refractivity contribution in [2.24, 2.45) is 9.98 Å². The molecule has 29 heavy (non-hydrogen) atoms. The van der Waals surface area contributed by atoms with Gasteiger partial charge in [-0.2, -0.15) is 0 Å². The van der Waals surface area contributed by atoms with Crippen molar-refractivity contribution in [2.75, 3.05) is 6.61 Å². The Kier molecular flexibility index (Phi) is 4.58. The maximum atomic E-state index is 13.6. The molecule has 0 saturated carbocycles. The highest BCUT2D eigenvalue weighted by atomic mass is 32.2. The Hall–Kier alpha value is -2.74. The second-order valence-corrected chi connectivity index (χ2v) is 8.17. The molecule has 2 atom stereocenters. The number of fused-ring (bicyclic) bond motifs is 2. The topological polar surface area (TPSA) is 46.0 Å². The van der Waals surface area contributed by atoms with E-state index in [1.165, 1.54) is 23.7 Å². The maximum absolute atomic E-state index is 13.6. The normalized spacial score (nSPS) is 21.9. The number of rotatable bonds is 3. The van der Waals surface area contributed by atoms with Gasteiger partial charge < -0.3 is 10.1 Å². The van der Waals surface area contributed by atoms with Crippen LogP contribution in [0.25, 0.3) is 4.91 Å². The van der Waals surface area contributed by atoms with Crippen molar-refractivity contribution in [3.63, 3.8) is 0 Å². The SMILES string of the molecule is Fc1cc(C2=CC3N=CN=C(NCc4ccc5c(c4)CCO5)C3S2)cc(F)c1F. The van der Waals surface area contributed by atoms with Gasteiger partial charge >= 0.3 is 0 Å². The number of halogens is 3. The highest BCUT2D eigenvalue weighted by molar-refractivity contribution is 8.09. The van der Waals surface area contributed by atoms with Crippen LogP contribution in [0.4, 0.5) is 13.2 Å². The van der Waals surface area contributed by atoms with Gasteiger partial charge in [0.1, 0.15) is 17.9 Å². The van der Waals surface area contributed by atoms with Crippen LogP contribution in [0.3, 0.4) is 0 Å². The number of thioether (sulfide) groups is 1. The zero-order chi connectivity index (χ0) is 20.0. The summed E-state index contributed by atoms with van der Waals surface area (Å²) in [5, 5.41) is 3.24. The predicted molar refractivity (Wildman–Crippen MR) is 108 cm³/mol. The average Bonchev–Trinajstić information content (AvgIpc) is 3.36. The van der Waals surface area contributed by atoms with Crippen LogP contribution in [0, 0.1) is 17.5 Å². The first kappa shape index (κ1) is 18.3. The molecule has 148 valence electrons. The first-order valence-corrected chi connectivity index (χ1v) is 10.1. The van der Waals surface area contributed by atoms with E-state index in [1.54, 1.807) is 0 Å². The first-order chi connectivity index (χ1) is 14.1. The van der Waals surface area contributed by atoms with Crippen molar-refractivity contribution in [1.29, 1.82) is 0 Å². The summed E-state index contributed by atoms with van der Waals surface area (Å²) in [4.78, 5) is 9.37. The molecule has 3 heterocycles. The molecular weight excluding hydrogens is 399 g/mol. The van der Waals surface area contributed by atoms with E-state index < -0.39 is 17.5 Å². The minimum atomic E-state index is -1.46. The Balaban J connectivity index is 1.31. The third kappa shape index (κ3) is 3.42. The van der Waals surface area contributed by atoms with Crippen molar-refractivity contribution in [2.45, 2.75) is 24.3 Å². The fourth-order valence-electron chi connectivity index (χ4n) is 3.62. The Labute approximate surface area is 169 Å². The molecular formula is C21H16F3N3OS. The van der Waals surface area contributed by atoms with E-state index in [4.69, 9.17) is 4.74 Å². The largest absolute Gasteiger partial charge is 0.493 e. The van der Waals surface area contributed by atoms with E-state index in [0.717, 1.165) is 42.3 Å². The molecule has 3 aliphatic rings. The third-order valence-electron chi connectivity index (χ3n) is 5.09. The molecule has 0 amide bonds. The van der Waals surface area contributed by atoms with Crippen LogP contribution in [-0.4, -0.2) is 30.1 Å². The molecule has 0 radical (unpaired) electrons. The van der Waals surface area contributed by atoms with Gasteiger partial charge in [-0.1, -0.05) is 12.1 Å². The molecule has 2 aromatic carbocycles. The summed E-state index contributed by atoms with van der Waals surface area (Å²) in [7, 11) is 0. The summed E-state index contributed by atoms with van der Waals surface area (Å²) in [6, 6.07) is 7.94. The second-order valence-electron chi connectivity index (χ2n) is 6.99. The molecule has 0 spiro atoms. The van der Waals surface area contributed by atoms with Crippen molar-refractivity contribution >= 4 is 28.8 Å². The summed E-state index contributed by atoms with van der Waals surface area (Å²) in [5.41, 5.74) is 2.62. The van der Waals surface area contributed by atoms with Gasteiger partial charge in [-0.15, -0.1) is 11.8 Å². The number of aliphatic imine (C=N–C) groups is 2. The van der Waals surface area contributed by atoms with Gasteiger partial charge in [-0.05, 0) is 41.0 Å². The summed E-state index contributed by atoms with van der Waals surface area (Å²) in [5.74, 6) is -2.17. The van der Waals surface area contributed by atoms with Crippen LogP contribution in [0.1, 0.15) is 16.7 Å². The van der Waals surface area contributed by atoms with Crippen LogP contribution >= 0.6 is 11.8 Å². The van der Waals surface area contributed by atoms with Gasteiger partial charge in [0, 0.05) is 17.9 Å². The lowest BCUT2D eigenvalue weighted by Gasteiger charge is -2.21. The summed E-state index contributed by atoms with van der Waals surface area (Å²) < 4.78 is 46.0. The molecule has 1 N–H and O–H groups in total. The molecule has 0 fully saturated rings. The number of hydrogen-bond donors (Lipinski definition) is 1. The molecule has 0 saturated heterocycles. The van der Waals surface area contributed by atoms with Crippen molar-refractivity contribution < 1.29 is 17.9 Å². The summed E-state index contributed by atoms with van der Waals surface area (Å²) in [6.45, 7) is 1.31. The van der Waals surface area contributed by atoms with Gasteiger partial charge in [-0.25, -0.2) is 18.2 Å². The first-order valence-electron chi connectivity index (χ1n) is 9.20. The number of amidine groups is 1. The third-order valence-corrected chi connectivity index (χ3v) is 6.47. The number of hydrogen-bond acceptors (Lipinski definition) is 5. The van der Waals surface area contributed by atoms with Crippen molar-refractivity contribution in [1.82, 2.24) is 5.32 Å². The molecule has 0 aliphatic carbocycles. The van der Waals surface area contributed by atoms with E-state index in [0.29, 0.717) is 17.0 Å². The van der Waals surface area contributed by atoms with E-state index in [-0.39, 0.29) is 11.3 Å². The Morgan fingerprint density at radius 3 is 2.79 bits per heavy atom. The lowest BCUT2D eigenvalue weighted by Crippen LogP contribution is -2.39. The van der Waals surface area contributed by atoms with Crippen molar-refractivity contribution in [3.8, 4) is 5.75 Å². The maximum Gasteiger partial charge on any atom is 0.194 e. The number of nitrogens with zero attached hydrogens (tertiary/aromatic N) is 2. The molecule has 0 aromatic heterocycles. The van der Waals surface area contributed by atoms with Gasteiger partial charge in [0.25, 0.3) is 0 Å². The van der Waals surface area contributed by atoms with E-state index >= 15 is 0 Å². The molecule has 8 heteroatoms. The Morgan fingerprint density at radius 2 is 1.97 bits per heavy atom. The highest BCUT2D eigenvalue weighted by Gasteiger charge is 2.35. The number of nitrogens with one attached hydrogen (secondary N) is 1. The molecule has 2 aromatic rings. The highest BCUT2D eigenvalue weighted by Crippen LogP contribution is 2.42. The van der Waals surface area contributed by atoms with Crippen molar-refractivity contribution in [3.05, 3.63) is 70.5 Å². The molecule has 5 rings (SSSR count). The van der Waals surface area contributed by atoms with E-state index in [1.807, 2.05) is 18.2 Å². The average molecular weight is 415 g/mol. The summed E-state index contributed by atoms with van der Waals surface area (Å²) >= 11 is 1.41. The summed E-state index contributed by atoms with van der Waals surface area (Å²) in [6.07, 6.45) is 4.24. The van der Waals surface area contributed by atoms with Crippen LogP contribution in [-0.2, 0) is 13.0 Å². The Bertz CT molecular complexity index is 1060. The van der Waals surface area contributed by atoms with Gasteiger partial charge in [0.2, 0.25) is 0 Å². The minimum absolute atomic E-state index is 0.121. The quantitative estimate of drug-likeness (QED) is 0.768. The lowest BCUT2D eigenvalue weighted by molar-refractivity contribution is 0.357. The molecule has 4 nitrogen and oxygen atoms in total. The van der Waals surface area contributed by atoms with Crippen LogP contribution < -0.4 is 10.1 Å². The zero-order valence-corrected chi connectivity index (χ0v) is 16.0. The predicted octanol–water partition coefficient (Wildman–Crippen LogP) is 4.09. The molecule has 0 bridgehead atoms. The fourth-order valence-corrected chi connectivity index (χ4v) is 4.91. The number of ether oxygens (including phenoxy) is 1. The number of benzene rings is 2. The minimum Gasteiger partial charge on any atom is -0.493 e. The molecule has 3 aliphatic heterocycles. The fraction of sp³-hybridized carbons (Fsp3) is 0.238. The monoisotopic (exact) mass is 415 g/mol. The van der Waals surface area contributed by atoms with Crippen LogP contribution in [0.5, 0.6) is 5.75 Å². The van der Waals surface area contributed by atoms with Gasteiger partial charge in [0.05, 0.1) is 17.9 Å². The standard InChI is InChI=1S/C21H16F3N3OS/c22-14-6-13(7-15(23)19(14)24)18-8-16-20(29-18)21(27-10-26-16)25-9-11-1-2-17-12(5-11)3-4-28-17/h1-2,5-8,10,16,20H,3-4,9H2,(H,25,26,27). The lowest BCUT2D eigenvalue weighted by atomic mass is 10.1. The Morgan fingerprint density at radius 1 is 1.14 bits per heavy atom. The van der Waals surface area contributed by atoms with E-state index in [2.05, 4.69) is 21.4 Å². The van der Waals surface area contributed by atoms with Crippen LogP contribution in [0.15, 0.2) is 46.4 Å². The zero-order valence-electron chi connectivity index (χ0n) is 15.2. The van der Waals surface area contributed by atoms with E-state index in [9.17, 15) is 13.2 Å². The smallest absolute Gasteiger partial charge is 0.194 e. The van der Waals surface area contributed by atoms with Gasteiger partial charge in [0.15, 0.2) is 17.5 Å². The second kappa shape index (κ2) is 7.26.